The number of carbonyl (C=O) groups excluding carboxylic acids is 3. The van der Waals surface area contributed by atoms with Crippen LogP contribution in [0.4, 0.5) is 0 Å². The summed E-state index contributed by atoms with van der Waals surface area (Å²) in [7, 11) is 0. The van der Waals surface area contributed by atoms with E-state index < -0.39 is 0 Å². The molecule has 0 aliphatic rings. The second-order valence-corrected chi connectivity index (χ2v) is 5.21. The van der Waals surface area contributed by atoms with E-state index in [-0.39, 0.29) is 30.2 Å². The lowest BCUT2D eigenvalue weighted by Crippen LogP contribution is -2.39. The Kier molecular flexibility index (Phi) is 5.03. The predicted octanol–water partition coefficient (Wildman–Crippen LogP) is 1.21. The molecule has 2 N–H and O–H groups in total. The van der Waals surface area contributed by atoms with E-state index >= 15 is 0 Å². The molecule has 1 aromatic heterocycles. The van der Waals surface area contributed by atoms with E-state index in [9.17, 15) is 14.4 Å². The maximum absolute atomic E-state index is 11.7. The molecule has 0 spiro atoms. The first-order valence-electron chi connectivity index (χ1n) is 5.58. The van der Waals surface area contributed by atoms with Gasteiger partial charge in [-0.2, -0.15) is 0 Å². The lowest BCUT2D eigenvalue weighted by Gasteiger charge is -2.08. The van der Waals surface area contributed by atoms with Crippen molar-refractivity contribution in [2.75, 3.05) is 6.54 Å². The van der Waals surface area contributed by atoms with Crippen LogP contribution in [-0.4, -0.2) is 30.2 Å². The highest BCUT2D eigenvalue weighted by Gasteiger charge is 2.12. The third kappa shape index (κ3) is 4.29. The van der Waals surface area contributed by atoms with Crippen molar-refractivity contribution in [3.8, 4) is 0 Å². The van der Waals surface area contributed by atoms with E-state index in [0.717, 1.165) is 11.3 Å². The first-order valence-corrected chi connectivity index (χ1v) is 6.40. The van der Waals surface area contributed by atoms with Gasteiger partial charge in [0.2, 0.25) is 5.91 Å². The molecule has 6 heteroatoms. The summed E-state index contributed by atoms with van der Waals surface area (Å²) in [5, 5.41) is 5.17. The Morgan fingerprint density at radius 1 is 1.22 bits per heavy atom. The van der Waals surface area contributed by atoms with Crippen molar-refractivity contribution in [2.45, 2.75) is 26.8 Å². The van der Waals surface area contributed by atoms with Gasteiger partial charge in [-0.1, -0.05) is 0 Å². The second kappa shape index (κ2) is 6.30. The van der Waals surface area contributed by atoms with E-state index in [0.29, 0.717) is 9.75 Å². The SMILES string of the molecule is CC(=O)c1ccc(C(=O)NCC(=O)NC(C)C)s1. The highest BCUT2D eigenvalue weighted by Crippen LogP contribution is 2.16. The van der Waals surface area contributed by atoms with Crippen LogP contribution < -0.4 is 10.6 Å². The van der Waals surface area contributed by atoms with E-state index in [4.69, 9.17) is 0 Å². The quantitative estimate of drug-likeness (QED) is 0.788. The molecule has 0 aromatic carbocycles. The maximum Gasteiger partial charge on any atom is 0.261 e. The minimum absolute atomic E-state index is 0.0421. The first kappa shape index (κ1) is 14.4. The number of nitrogens with one attached hydrogen (secondary N) is 2. The summed E-state index contributed by atoms with van der Waals surface area (Å²) in [5.74, 6) is -0.648. The fourth-order valence-corrected chi connectivity index (χ4v) is 2.09. The van der Waals surface area contributed by atoms with Crippen molar-refractivity contribution in [3.63, 3.8) is 0 Å². The molecule has 98 valence electrons. The standard InChI is InChI=1S/C12H16N2O3S/c1-7(2)14-11(16)6-13-12(17)10-5-4-9(18-10)8(3)15/h4-5,7H,6H2,1-3H3,(H,13,17)(H,14,16). The second-order valence-electron chi connectivity index (χ2n) is 4.12. The fourth-order valence-electron chi connectivity index (χ4n) is 1.27. The van der Waals surface area contributed by atoms with Gasteiger partial charge < -0.3 is 10.6 Å². The average molecular weight is 268 g/mol. The van der Waals surface area contributed by atoms with E-state index in [1.165, 1.54) is 6.92 Å². The molecule has 0 aliphatic carbocycles. The van der Waals surface area contributed by atoms with Crippen molar-refractivity contribution in [3.05, 3.63) is 21.9 Å². The lowest BCUT2D eigenvalue weighted by atomic mass is 10.3. The number of ketones is 1. The Balaban J connectivity index is 2.50. The average Bonchev–Trinajstić information content (AvgIpc) is 2.74. The fraction of sp³-hybridized carbons (Fsp3) is 0.417. The topological polar surface area (TPSA) is 75.3 Å². The van der Waals surface area contributed by atoms with Crippen LogP contribution in [0.5, 0.6) is 0 Å². The normalized spacial score (nSPS) is 10.2. The monoisotopic (exact) mass is 268 g/mol. The van der Waals surface area contributed by atoms with Gasteiger partial charge in [-0.25, -0.2) is 0 Å². The van der Waals surface area contributed by atoms with Crippen LogP contribution in [0.3, 0.4) is 0 Å². The molecule has 0 saturated heterocycles. The third-order valence-corrected chi connectivity index (χ3v) is 3.22. The molecule has 0 saturated carbocycles. The summed E-state index contributed by atoms with van der Waals surface area (Å²) in [4.78, 5) is 35.1. The summed E-state index contributed by atoms with van der Waals surface area (Å²) in [5.41, 5.74) is 0. The molecule has 18 heavy (non-hydrogen) atoms. The largest absolute Gasteiger partial charge is 0.352 e. The van der Waals surface area contributed by atoms with Crippen molar-refractivity contribution < 1.29 is 14.4 Å². The van der Waals surface area contributed by atoms with Gasteiger partial charge in [0.25, 0.3) is 5.91 Å². The van der Waals surface area contributed by atoms with Gasteiger partial charge in [0, 0.05) is 6.04 Å². The minimum atomic E-state index is -0.341. The van der Waals surface area contributed by atoms with Gasteiger partial charge in [0.1, 0.15) is 0 Å². The summed E-state index contributed by atoms with van der Waals surface area (Å²) in [6.07, 6.45) is 0. The number of hydrogen-bond donors (Lipinski definition) is 2. The third-order valence-electron chi connectivity index (χ3n) is 2.04. The van der Waals surface area contributed by atoms with Gasteiger partial charge in [-0.05, 0) is 32.9 Å². The molecule has 0 unspecified atom stereocenters. The molecule has 1 heterocycles. The zero-order chi connectivity index (χ0) is 13.7. The molecule has 2 amide bonds. The Labute approximate surface area is 110 Å². The minimum Gasteiger partial charge on any atom is -0.352 e. The molecular formula is C12H16N2O3S. The number of thiophene rings is 1. The van der Waals surface area contributed by atoms with Crippen molar-refractivity contribution in [2.24, 2.45) is 0 Å². The van der Waals surface area contributed by atoms with Crippen LogP contribution in [0, 0.1) is 0 Å². The van der Waals surface area contributed by atoms with Crippen LogP contribution in [0.2, 0.25) is 0 Å². The number of Topliss-reactive ketones (excluding diaryl/α,β-unsaturated/α-hetero) is 1. The number of rotatable bonds is 5. The van der Waals surface area contributed by atoms with Gasteiger partial charge in [-0.15, -0.1) is 11.3 Å². The van der Waals surface area contributed by atoms with Crippen molar-refractivity contribution >= 4 is 28.9 Å². The van der Waals surface area contributed by atoms with E-state index in [2.05, 4.69) is 10.6 Å². The highest BCUT2D eigenvalue weighted by molar-refractivity contribution is 7.15. The van der Waals surface area contributed by atoms with Crippen molar-refractivity contribution in [1.82, 2.24) is 10.6 Å². The van der Waals surface area contributed by atoms with Gasteiger partial charge in [0.15, 0.2) is 5.78 Å². The summed E-state index contributed by atoms with van der Waals surface area (Å²) in [6.45, 7) is 5.07. The molecule has 0 atom stereocenters. The zero-order valence-electron chi connectivity index (χ0n) is 10.6. The zero-order valence-corrected chi connectivity index (χ0v) is 11.4. The molecule has 0 bridgehead atoms. The van der Waals surface area contributed by atoms with E-state index in [1.807, 2.05) is 13.8 Å². The smallest absolute Gasteiger partial charge is 0.261 e. The molecule has 5 nitrogen and oxygen atoms in total. The predicted molar refractivity (Wildman–Crippen MR) is 69.9 cm³/mol. The van der Waals surface area contributed by atoms with Gasteiger partial charge >= 0.3 is 0 Å². The van der Waals surface area contributed by atoms with Gasteiger partial charge in [-0.3, -0.25) is 14.4 Å². The van der Waals surface area contributed by atoms with Crippen molar-refractivity contribution in [1.29, 1.82) is 0 Å². The highest BCUT2D eigenvalue weighted by atomic mass is 32.1. The van der Waals surface area contributed by atoms with Gasteiger partial charge in [0.05, 0.1) is 16.3 Å². The Morgan fingerprint density at radius 2 is 1.83 bits per heavy atom. The molecule has 0 radical (unpaired) electrons. The van der Waals surface area contributed by atoms with Crippen LogP contribution >= 0.6 is 11.3 Å². The number of carbonyl (C=O) groups is 3. The first-order chi connectivity index (χ1) is 8.40. The summed E-state index contributed by atoms with van der Waals surface area (Å²) >= 11 is 1.12. The van der Waals surface area contributed by atoms with Crippen LogP contribution in [0.1, 0.15) is 40.1 Å². The lowest BCUT2D eigenvalue weighted by molar-refractivity contribution is -0.120. The Morgan fingerprint density at radius 3 is 2.33 bits per heavy atom. The molecule has 0 aliphatic heterocycles. The Bertz CT molecular complexity index is 466. The summed E-state index contributed by atoms with van der Waals surface area (Å²) < 4.78 is 0. The Hall–Kier alpha value is -1.69. The van der Waals surface area contributed by atoms with Crippen LogP contribution in [0.15, 0.2) is 12.1 Å². The number of hydrogen-bond acceptors (Lipinski definition) is 4. The summed E-state index contributed by atoms with van der Waals surface area (Å²) in [6, 6.07) is 3.23. The molecule has 0 fully saturated rings. The van der Waals surface area contributed by atoms with E-state index in [1.54, 1.807) is 12.1 Å². The van der Waals surface area contributed by atoms with Crippen LogP contribution in [0.25, 0.3) is 0 Å². The molecule has 1 aromatic rings. The maximum atomic E-state index is 11.7. The number of amides is 2. The molecule has 1 rings (SSSR count). The van der Waals surface area contributed by atoms with Crippen LogP contribution in [-0.2, 0) is 4.79 Å². The molecular weight excluding hydrogens is 252 g/mol.